The zero-order valence-corrected chi connectivity index (χ0v) is 14.0. The van der Waals surface area contributed by atoms with Crippen molar-refractivity contribution in [1.82, 2.24) is 9.97 Å². The highest BCUT2D eigenvalue weighted by molar-refractivity contribution is 5.81. The number of amides is 1. The third kappa shape index (κ3) is 4.58. The normalized spacial score (nSPS) is 10.2. The molecule has 1 amide bonds. The molecular formula is C17H23N5O2. The third-order valence-electron chi connectivity index (χ3n) is 3.51. The molecular weight excluding hydrogens is 306 g/mol. The van der Waals surface area contributed by atoms with Crippen LogP contribution in [-0.4, -0.2) is 30.0 Å². The van der Waals surface area contributed by atoms with Gasteiger partial charge in [0.25, 0.3) is 0 Å². The van der Waals surface area contributed by atoms with Crippen LogP contribution in [0.3, 0.4) is 0 Å². The fourth-order valence-corrected chi connectivity index (χ4v) is 2.28. The van der Waals surface area contributed by atoms with E-state index < -0.39 is 0 Å². The van der Waals surface area contributed by atoms with Crippen LogP contribution in [0.2, 0.25) is 0 Å². The number of hydrogen-bond donors (Lipinski definition) is 2. The second-order valence-electron chi connectivity index (χ2n) is 5.40. The predicted octanol–water partition coefficient (Wildman–Crippen LogP) is 2.44. The molecule has 128 valence electrons. The summed E-state index contributed by atoms with van der Waals surface area (Å²) in [6, 6.07) is 9.77. The quantitative estimate of drug-likeness (QED) is 0.686. The molecule has 0 saturated heterocycles. The number of aromatic nitrogens is 2. The number of rotatable bonds is 9. The Balaban J connectivity index is 2.30. The van der Waals surface area contributed by atoms with E-state index in [9.17, 15) is 4.79 Å². The lowest BCUT2D eigenvalue weighted by Crippen LogP contribution is -2.22. The number of nitrogen functional groups attached to an aromatic ring is 1. The van der Waals surface area contributed by atoms with Crippen molar-refractivity contribution in [2.45, 2.75) is 26.4 Å². The van der Waals surface area contributed by atoms with Crippen LogP contribution in [0.15, 0.2) is 30.3 Å². The average molecular weight is 329 g/mol. The minimum absolute atomic E-state index is 0.0510. The topological polar surface area (TPSA) is 93.4 Å². The van der Waals surface area contributed by atoms with Crippen LogP contribution in [0.25, 0.3) is 0 Å². The van der Waals surface area contributed by atoms with Gasteiger partial charge in [-0.05, 0) is 12.0 Å². The minimum atomic E-state index is 0.0510. The number of carbonyl (C=O) groups excluding carboxylic acids is 1. The number of nitrogens with one attached hydrogen (secondary N) is 1. The number of carbonyl (C=O) groups is 1. The molecule has 0 radical (unpaired) electrons. The molecule has 24 heavy (non-hydrogen) atoms. The van der Waals surface area contributed by atoms with Crippen molar-refractivity contribution in [3.05, 3.63) is 35.9 Å². The lowest BCUT2D eigenvalue weighted by molar-refractivity contribution is -0.105. The largest absolute Gasteiger partial charge is 0.471 e. The number of unbranched alkanes of at least 4 members (excludes halogenated alkanes) is 1. The van der Waals surface area contributed by atoms with E-state index in [0.29, 0.717) is 30.4 Å². The molecule has 1 aromatic carbocycles. The predicted molar refractivity (Wildman–Crippen MR) is 95.1 cm³/mol. The van der Waals surface area contributed by atoms with E-state index >= 15 is 0 Å². The van der Waals surface area contributed by atoms with Crippen LogP contribution in [0.1, 0.15) is 25.3 Å². The second kappa shape index (κ2) is 8.71. The Morgan fingerprint density at radius 1 is 1.29 bits per heavy atom. The van der Waals surface area contributed by atoms with Gasteiger partial charge in [-0.25, -0.2) is 0 Å². The van der Waals surface area contributed by atoms with Gasteiger partial charge in [-0.3, -0.25) is 4.79 Å². The van der Waals surface area contributed by atoms with Crippen LogP contribution in [-0.2, 0) is 11.4 Å². The summed E-state index contributed by atoms with van der Waals surface area (Å²) >= 11 is 0. The van der Waals surface area contributed by atoms with Gasteiger partial charge in [0.15, 0.2) is 5.82 Å². The van der Waals surface area contributed by atoms with E-state index in [2.05, 4.69) is 22.2 Å². The Bertz CT molecular complexity index is 664. The first kappa shape index (κ1) is 17.5. The van der Waals surface area contributed by atoms with Crippen molar-refractivity contribution in [2.24, 2.45) is 0 Å². The molecule has 0 aliphatic carbocycles. The first-order valence-electron chi connectivity index (χ1n) is 7.91. The summed E-state index contributed by atoms with van der Waals surface area (Å²) in [7, 11) is 1.91. The van der Waals surface area contributed by atoms with Crippen LogP contribution >= 0.6 is 0 Å². The SMILES string of the molecule is CCCCN(C)c1c(NC=O)nc(N)nc1OCc1ccccc1. The van der Waals surface area contributed by atoms with E-state index in [0.717, 1.165) is 24.9 Å². The number of benzene rings is 1. The second-order valence-corrected chi connectivity index (χ2v) is 5.40. The maximum Gasteiger partial charge on any atom is 0.245 e. The van der Waals surface area contributed by atoms with E-state index in [1.54, 1.807) is 0 Å². The van der Waals surface area contributed by atoms with Crippen LogP contribution in [0.4, 0.5) is 17.5 Å². The van der Waals surface area contributed by atoms with Crippen LogP contribution in [0, 0.1) is 0 Å². The molecule has 0 unspecified atom stereocenters. The number of ether oxygens (including phenoxy) is 1. The summed E-state index contributed by atoms with van der Waals surface area (Å²) in [4.78, 5) is 21.2. The lowest BCUT2D eigenvalue weighted by Gasteiger charge is -2.23. The molecule has 0 aliphatic heterocycles. The fourth-order valence-electron chi connectivity index (χ4n) is 2.28. The molecule has 7 heteroatoms. The molecule has 0 atom stereocenters. The Labute approximate surface area is 141 Å². The van der Waals surface area contributed by atoms with Gasteiger partial charge in [-0.15, -0.1) is 0 Å². The maximum absolute atomic E-state index is 10.9. The molecule has 3 N–H and O–H groups in total. The number of anilines is 3. The Morgan fingerprint density at radius 2 is 2.04 bits per heavy atom. The minimum Gasteiger partial charge on any atom is -0.471 e. The molecule has 0 spiro atoms. The summed E-state index contributed by atoms with van der Waals surface area (Å²) in [5, 5.41) is 2.58. The van der Waals surface area contributed by atoms with Crippen molar-refractivity contribution in [3.8, 4) is 5.88 Å². The first-order chi connectivity index (χ1) is 11.7. The molecule has 0 aliphatic rings. The molecule has 2 aromatic rings. The number of nitrogens with zero attached hydrogens (tertiary/aromatic N) is 3. The lowest BCUT2D eigenvalue weighted by atomic mass is 10.2. The van der Waals surface area contributed by atoms with E-state index in [4.69, 9.17) is 10.5 Å². The third-order valence-corrected chi connectivity index (χ3v) is 3.51. The molecule has 0 fully saturated rings. The van der Waals surface area contributed by atoms with Gasteiger partial charge in [0.1, 0.15) is 12.3 Å². The summed E-state index contributed by atoms with van der Waals surface area (Å²) in [5.74, 6) is 0.753. The molecule has 0 saturated carbocycles. The van der Waals surface area contributed by atoms with Crippen molar-refractivity contribution in [1.29, 1.82) is 0 Å². The van der Waals surface area contributed by atoms with Crippen molar-refractivity contribution in [3.63, 3.8) is 0 Å². The fraction of sp³-hybridized carbons (Fsp3) is 0.353. The van der Waals surface area contributed by atoms with Gasteiger partial charge >= 0.3 is 0 Å². The number of hydrogen-bond acceptors (Lipinski definition) is 6. The highest BCUT2D eigenvalue weighted by atomic mass is 16.5. The van der Waals surface area contributed by atoms with Crippen molar-refractivity contribution in [2.75, 3.05) is 29.5 Å². The molecule has 1 aromatic heterocycles. The van der Waals surface area contributed by atoms with Gasteiger partial charge in [0, 0.05) is 13.6 Å². The highest BCUT2D eigenvalue weighted by Gasteiger charge is 2.19. The van der Waals surface area contributed by atoms with Gasteiger partial charge in [0.2, 0.25) is 18.2 Å². The van der Waals surface area contributed by atoms with Crippen molar-refractivity contribution >= 4 is 23.9 Å². The molecule has 1 heterocycles. The monoisotopic (exact) mass is 329 g/mol. The van der Waals surface area contributed by atoms with E-state index in [1.165, 1.54) is 0 Å². The van der Waals surface area contributed by atoms with Gasteiger partial charge < -0.3 is 20.7 Å². The smallest absolute Gasteiger partial charge is 0.245 e. The van der Waals surface area contributed by atoms with Crippen molar-refractivity contribution < 1.29 is 9.53 Å². The average Bonchev–Trinajstić information content (AvgIpc) is 2.58. The maximum atomic E-state index is 10.9. The van der Waals surface area contributed by atoms with E-state index in [1.807, 2.05) is 42.3 Å². The molecule has 2 rings (SSSR count). The van der Waals surface area contributed by atoms with E-state index in [-0.39, 0.29) is 5.95 Å². The highest BCUT2D eigenvalue weighted by Crippen LogP contribution is 2.33. The zero-order valence-electron chi connectivity index (χ0n) is 14.0. The summed E-state index contributed by atoms with van der Waals surface area (Å²) in [5.41, 5.74) is 7.39. The summed E-state index contributed by atoms with van der Waals surface area (Å²) in [6.45, 7) is 3.26. The van der Waals surface area contributed by atoms with Crippen LogP contribution < -0.4 is 20.7 Å². The Hall–Kier alpha value is -2.83. The Kier molecular flexibility index (Phi) is 6.36. The molecule has 7 nitrogen and oxygen atoms in total. The molecule has 0 bridgehead atoms. The van der Waals surface area contributed by atoms with Crippen LogP contribution in [0.5, 0.6) is 5.88 Å². The Morgan fingerprint density at radius 3 is 2.71 bits per heavy atom. The van der Waals surface area contributed by atoms with Gasteiger partial charge in [-0.1, -0.05) is 43.7 Å². The standard InChI is InChI=1S/C17H23N5O2/c1-3-4-10-22(2)14-15(19-12-23)20-17(18)21-16(14)24-11-13-8-6-5-7-9-13/h5-9,12H,3-4,10-11H2,1-2H3,(H3,18,19,20,21,23). The van der Waals surface area contributed by atoms with Gasteiger partial charge in [0.05, 0.1) is 0 Å². The first-order valence-corrected chi connectivity index (χ1v) is 7.91. The zero-order chi connectivity index (χ0) is 17.4. The summed E-state index contributed by atoms with van der Waals surface area (Å²) in [6.07, 6.45) is 2.62. The summed E-state index contributed by atoms with van der Waals surface area (Å²) < 4.78 is 5.86. The van der Waals surface area contributed by atoms with Gasteiger partial charge in [-0.2, -0.15) is 9.97 Å². The number of nitrogens with two attached hydrogens (primary N) is 1.